The third-order valence-electron chi connectivity index (χ3n) is 2.15. The summed E-state index contributed by atoms with van der Waals surface area (Å²) in [5.74, 6) is -0.525. The molecule has 0 spiro atoms. The Morgan fingerprint density at radius 2 is 2.00 bits per heavy atom. The van der Waals surface area contributed by atoms with E-state index < -0.39 is 28.4 Å². The van der Waals surface area contributed by atoms with E-state index in [4.69, 9.17) is 0 Å². The van der Waals surface area contributed by atoms with E-state index in [0.29, 0.717) is 0 Å². The van der Waals surface area contributed by atoms with Crippen LogP contribution < -0.4 is 0 Å². The Kier molecular flexibility index (Phi) is 3.31. The highest BCUT2D eigenvalue weighted by atomic mass is 19.3. The second kappa shape index (κ2) is 4.34. The molecular formula is C10H9F2NO3. The van der Waals surface area contributed by atoms with E-state index in [0.717, 1.165) is 19.1 Å². The molecule has 0 radical (unpaired) electrons. The van der Waals surface area contributed by atoms with Gasteiger partial charge in [0.05, 0.1) is 4.92 Å². The summed E-state index contributed by atoms with van der Waals surface area (Å²) in [7, 11) is 0. The minimum absolute atomic E-state index is 0.138. The molecule has 0 saturated heterocycles. The summed E-state index contributed by atoms with van der Waals surface area (Å²) in [5, 5.41) is 10.5. The highest BCUT2D eigenvalue weighted by Crippen LogP contribution is 2.30. The molecule has 0 atom stereocenters. The number of non-ortho nitro benzene ring substituents is 1. The maximum atomic E-state index is 12.6. The van der Waals surface area contributed by atoms with Gasteiger partial charge in [0.15, 0.2) is 5.78 Å². The third-order valence-corrected chi connectivity index (χ3v) is 2.15. The second-order valence-corrected chi connectivity index (χ2v) is 3.34. The molecule has 1 rings (SSSR count). The molecule has 0 aliphatic carbocycles. The maximum Gasteiger partial charge on any atom is 0.270 e. The van der Waals surface area contributed by atoms with Crippen molar-refractivity contribution in [2.75, 3.05) is 0 Å². The minimum Gasteiger partial charge on any atom is -0.294 e. The number of nitro benzene ring substituents is 1. The lowest BCUT2D eigenvalue weighted by atomic mass is 9.98. The predicted molar refractivity (Wildman–Crippen MR) is 52.8 cm³/mol. The van der Waals surface area contributed by atoms with Crippen molar-refractivity contribution < 1.29 is 18.5 Å². The number of halogens is 2. The van der Waals surface area contributed by atoms with Crippen LogP contribution in [0.5, 0.6) is 0 Å². The van der Waals surface area contributed by atoms with Crippen molar-refractivity contribution >= 4 is 11.5 Å². The zero-order valence-corrected chi connectivity index (χ0v) is 8.66. The van der Waals surface area contributed by atoms with Gasteiger partial charge in [0.2, 0.25) is 0 Å². The van der Waals surface area contributed by atoms with E-state index >= 15 is 0 Å². The summed E-state index contributed by atoms with van der Waals surface area (Å²) in [6.45, 7) is 2.55. The lowest BCUT2D eigenvalue weighted by Gasteiger charge is -2.09. The van der Waals surface area contributed by atoms with Gasteiger partial charge < -0.3 is 0 Å². The Morgan fingerprint density at radius 1 is 1.44 bits per heavy atom. The number of nitro groups is 1. The van der Waals surface area contributed by atoms with Crippen LogP contribution in [-0.2, 0) is 0 Å². The van der Waals surface area contributed by atoms with Crippen molar-refractivity contribution in [2.45, 2.75) is 20.3 Å². The van der Waals surface area contributed by atoms with Crippen molar-refractivity contribution in [3.05, 3.63) is 38.9 Å². The SMILES string of the molecule is CC(=O)c1c(C)cc([N+](=O)[O-])cc1C(F)F. The van der Waals surface area contributed by atoms with Gasteiger partial charge in [0.1, 0.15) is 0 Å². The summed E-state index contributed by atoms with van der Waals surface area (Å²) in [4.78, 5) is 20.9. The standard InChI is InChI=1S/C10H9F2NO3/c1-5-3-7(13(15)16)4-8(10(11)12)9(5)6(2)14/h3-4,10H,1-2H3. The fraction of sp³-hybridized carbons (Fsp3) is 0.300. The monoisotopic (exact) mass is 229 g/mol. The summed E-state index contributed by atoms with van der Waals surface area (Å²) >= 11 is 0. The van der Waals surface area contributed by atoms with Crippen molar-refractivity contribution in [3.63, 3.8) is 0 Å². The van der Waals surface area contributed by atoms with Crippen LogP contribution in [-0.4, -0.2) is 10.7 Å². The fourth-order valence-corrected chi connectivity index (χ4v) is 1.55. The van der Waals surface area contributed by atoms with E-state index in [1.165, 1.54) is 6.92 Å². The number of ketones is 1. The molecule has 16 heavy (non-hydrogen) atoms. The number of hydrogen-bond donors (Lipinski definition) is 0. The van der Waals surface area contributed by atoms with Crippen LogP contribution in [0.15, 0.2) is 12.1 Å². The van der Waals surface area contributed by atoms with Gasteiger partial charge in [0, 0.05) is 23.3 Å². The molecule has 1 aromatic rings. The third kappa shape index (κ3) is 2.21. The number of carbonyl (C=O) groups excluding carboxylic acids is 1. The van der Waals surface area contributed by atoms with Gasteiger partial charge in [-0.05, 0) is 19.4 Å². The number of carbonyl (C=O) groups is 1. The van der Waals surface area contributed by atoms with Gasteiger partial charge in [-0.3, -0.25) is 14.9 Å². The Balaban J connectivity index is 3.51. The highest BCUT2D eigenvalue weighted by molar-refractivity contribution is 5.97. The van der Waals surface area contributed by atoms with Crippen molar-refractivity contribution in [1.82, 2.24) is 0 Å². The molecule has 86 valence electrons. The van der Waals surface area contributed by atoms with Gasteiger partial charge in [-0.2, -0.15) is 0 Å². The summed E-state index contributed by atoms with van der Waals surface area (Å²) in [6, 6.07) is 1.86. The predicted octanol–water partition coefficient (Wildman–Crippen LogP) is 3.04. The molecule has 0 amide bonds. The molecule has 6 heteroatoms. The minimum atomic E-state index is -2.91. The molecule has 0 saturated carbocycles. The van der Waals surface area contributed by atoms with E-state index in [1.807, 2.05) is 0 Å². The van der Waals surface area contributed by atoms with Crippen LogP contribution in [0.1, 0.15) is 34.8 Å². The number of Topliss-reactive ketones (excluding diaryl/α,β-unsaturated/α-hetero) is 1. The van der Waals surface area contributed by atoms with Crippen molar-refractivity contribution in [3.8, 4) is 0 Å². The molecule has 0 fully saturated rings. The largest absolute Gasteiger partial charge is 0.294 e. The molecule has 4 nitrogen and oxygen atoms in total. The lowest BCUT2D eigenvalue weighted by Crippen LogP contribution is -2.05. The molecule has 0 aromatic heterocycles. The number of benzene rings is 1. The Hall–Kier alpha value is -1.85. The van der Waals surface area contributed by atoms with E-state index in [9.17, 15) is 23.7 Å². The summed E-state index contributed by atoms with van der Waals surface area (Å²) < 4.78 is 25.3. The van der Waals surface area contributed by atoms with Crippen molar-refractivity contribution in [2.24, 2.45) is 0 Å². The van der Waals surface area contributed by atoms with Crippen LogP contribution in [0.2, 0.25) is 0 Å². The molecule has 0 heterocycles. The topological polar surface area (TPSA) is 60.2 Å². The first-order chi connectivity index (χ1) is 7.34. The van der Waals surface area contributed by atoms with Crippen molar-refractivity contribution in [1.29, 1.82) is 0 Å². The van der Waals surface area contributed by atoms with E-state index in [2.05, 4.69) is 0 Å². The zero-order valence-electron chi connectivity index (χ0n) is 8.66. The number of alkyl halides is 2. The first-order valence-corrected chi connectivity index (χ1v) is 4.42. The number of nitrogens with zero attached hydrogens (tertiary/aromatic N) is 1. The normalized spacial score (nSPS) is 10.6. The van der Waals surface area contributed by atoms with Gasteiger partial charge in [-0.25, -0.2) is 8.78 Å². The molecule has 0 unspecified atom stereocenters. The quantitative estimate of drug-likeness (QED) is 0.454. The average molecular weight is 229 g/mol. The molecule has 0 aliphatic rings. The van der Waals surface area contributed by atoms with Gasteiger partial charge >= 0.3 is 0 Å². The van der Waals surface area contributed by atoms with Crippen LogP contribution in [0.4, 0.5) is 14.5 Å². The van der Waals surface area contributed by atoms with Crippen LogP contribution in [0, 0.1) is 17.0 Å². The summed E-state index contributed by atoms with van der Waals surface area (Å²) in [6.07, 6.45) is -2.91. The number of rotatable bonds is 3. The lowest BCUT2D eigenvalue weighted by molar-refractivity contribution is -0.385. The van der Waals surface area contributed by atoms with Gasteiger partial charge in [-0.1, -0.05) is 0 Å². The number of hydrogen-bond acceptors (Lipinski definition) is 3. The number of aryl methyl sites for hydroxylation is 1. The van der Waals surface area contributed by atoms with Crippen LogP contribution in [0.25, 0.3) is 0 Å². The molecular weight excluding hydrogens is 220 g/mol. The van der Waals surface area contributed by atoms with Crippen LogP contribution in [0.3, 0.4) is 0 Å². The molecule has 0 aliphatic heterocycles. The Bertz CT molecular complexity index is 458. The highest BCUT2D eigenvalue weighted by Gasteiger charge is 2.22. The zero-order chi connectivity index (χ0) is 12.5. The summed E-state index contributed by atoms with van der Waals surface area (Å²) in [5.41, 5.74) is -0.963. The van der Waals surface area contributed by atoms with Gasteiger partial charge in [0.25, 0.3) is 12.1 Å². The second-order valence-electron chi connectivity index (χ2n) is 3.34. The fourth-order valence-electron chi connectivity index (χ4n) is 1.55. The molecule has 1 aromatic carbocycles. The molecule has 0 bridgehead atoms. The smallest absolute Gasteiger partial charge is 0.270 e. The Morgan fingerprint density at radius 3 is 2.38 bits per heavy atom. The average Bonchev–Trinajstić information content (AvgIpc) is 2.15. The first-order valence-electron chi connectivity index (χ1n) is 4.42. The van der Waals surface area contributed by atoms with Gasteiger partial charge in [-0.15, -0.1) is 0 Å². The molecule has 0 N–H and O–H groups in total. The van der Waals surface area contributed by atoms with Crippen LogP contribution >= 0.6 is 0 Å². The maximum absolute atomic E-state index is 12.6. The first kappa shape index (κ1) is 12.2. The van der Waals surface area contributed by atoms with E-state index in [1.54, 1.807) is 0 Å². The Labute approximate surface area is 90.0 Å². The van der Waals surface area contributed by atoms with E-state index in [-0.39, 0.29) is 11.1 Å².